The molecule has 0 aliphatic carbocycles. The minimum Gasteiger partial charge on any atom is -0.497 e. The summed E-state index contributed by atoms with van der Waals surface area (Å²) < 4.78 is 21.9. The van der Waals surface area contributed by atoms with E-state index in [0.29, 0.717) is 26.2 Å². The molecule has 0 amide bonds. The first-order valence-corrected chi connectivity index (χ1v) is 10.7. The van der Waals surface area contributed by atoms with Gasteiger partial charge in [-0.25, -0.2) is 0 Å². The Labute approximate surface area is 188 Å². The molecular weight excluding hydrogens is 406 g/mol. The normalized spacial score (nSPS) is 13.3. The first kappa shape index (κ1) is 22.1. The van der Waals surface area contributed by atoms with E-state index in [2.05, 4.69) is 4.90 Å². The van der Waals surface area contributed by atoms with Gasteiger partial charge < -0.3 is 24.1 Å². The second-order valence-corrected chi connectivity index (χ2v) is 7.86. The van der Waals surface area contributed by atoms with Crippen LogP contribution in [-0.4, -0.2) is 43.2 Å². The molecule has 1 heterocycles. The number of methoxy groups -OCH3 is 1. The minimum absolute atomic E-state index is 0.256. The summed E-state index contributed by atoms with van der Waals surface area (Å²) in [7, 11) is 1.66. The highest BCUT2D eigenvalue weighted by molar-refractivity contribution is 5.44. The van der Waals surface area contributed by atoms with Gasteiger partial charge in [-0.3, -0.25) is 4.90 Å². The van der Waals surface area contributed by atoms with Gasteiger partial charge >= 0.3 is 0 Å². The Morgan fingerprint density at radius 2 is 1.59 bits per heavy atom. The maximum Gasteiger partial charge on any atom is 0.231 e. The molecule has 1 aliphatic heterocycles. The average molecular weight is 436 g/mol. The van der Waals surface area contributed by atoms with Crippen LogP contribution in [0, 0.1) is 0 Å². The fourth-order valence-corrected chi connectivity index (χ4v) is 3.71. The van der Waals surface area contributed by atoms with Crippen molar-refractivity contribution in [1.29, 1.82) is 0 Å². The standard InChI is InChI=1S/C26H29NO5/c1-29-24-10-7-20(8-11-24)14-27(15-22-9-12-25-26(13-22)32-19-31-25)16-23(28)18-30-17-21-5-3-2-4-6-21/h2-13,23,28H,14-19H2,1H3/t23-/m0/s1. The van der Waals surface area contributed by atoms with Crippen LogP contribution in [-0.2, 0) is 24.4 Å². The Morgan fingerprint density at radius 3 is 2.38 bits per heavy atom. The Morgan fingerprint density at radius 1 is 0.875 bits per heavy atom. The van der Waals surface area contributed by atoms with Crippen molar-refractivity contribution in [2.75, 3.05) is 27.1 Å². The molecule has 0 saturated carbocycles. The highest BCUT2D eigenvalue weighted by Gasteiger charge is 2.17. The van der Waals surface area contributed by atoms with Crippen LogP contribution in [0.5, 0.6) is 17.2 Å². The Bertz CT molecular complexity index is 977. The van der Waals surface area contributed by atoms with E-state index >= 15 is 0 Å². The Hall–Kier alpha value is -3.06. The van der Waals surface area contributed by atoms with Gasteiger partial charge in [-0.2, -0.15) is 0 Å². The van der Waals surface area contributed by atoms with Crippen molar-refractivity contribution in [2.24, 2.45) is 0 Å². The zero-order valence-corrected chi connectivity index (χ0v) is 18.3. The third-order valence-electron chi connectivity index (χ3n) is 5.30. The number of aliphatic hydroxyl groups excluding tert-OH is 1. The maximum absolute atomic E-state index is 10.7. The molecule has 3 aromatic carbocycles. The first-order chi connectivity index (χ1) is 15.7. The van der Waals surface area contributed by atoms with E-state index in [4.69, 9.17) is 18.9 Å². The largest absolute Gasteiger partial charge is 0.497 e. The molecule has 32 heavy (non-hydrogen) atoms. The lowest BCUT2D eigenvalue weighted by Gasteiger charge is -2.25. The molecule has 168 valence electrons. The van der Waals surface area contributed by atoms with Gasteiger partial charge in [0.25, 0.3) is 0 Å². The molecule has 0 aromatic heterocycles. The van der Waals surface area contributed by atoms with Gasteiger partial charge in [0.2, 0.25) is 6.79 Å². The van der Waals surface area contributed by atoms with Gasteiger partial charge in [0, 0.05) is 19.6 Å². The third kappa shape index (κ3) is 6.23. The zero-order valence-electron chi connectivity index (χ0n) is 18.3. The average Bonchev–Trinajstić information content (AvgIpc) is 3.28. The predicted molar refractivity (Wildman–Crippen MR) is 122 cm³/mol. The quantitative estimate of drug-likeness (QED) is 0.491. The SMILES string of the molecule is COc1ccc(CN(Cc2ccc3c(c2)OCO3)C[C@H](O)COCc2ccccc2)cc1. The van der Waals surface area contributed by atoms with Crippen LogP contribution in [0.4, 0.5) is 0 Å². The van der Waals surface area contributed by atoms with Crippen LogP contribution in [0.1, 0.15) is 16.7 Å². The molecule has 1 atom stereocenters. The summed E-state index contributed by atoms with van der Waals surface area (Å²) in [5.74, 6) is 2.36. The molecule has 1 aliphatic rings. The van der Waals surface area contributed by atoms with E-state index in [9.17, 15) is 5.11 Å². The van der Waals surface area contributed by atoms with Crippen LogP contribution < -0.4 is 14.2 Å². The van der Waals surface area contributed by atoms with E-state index in [0.717, 1.165) is 33.9 Å². The molecular formula is C26H29NO5. The number of ether oxygens (including phenoxy) is 4. The van der Waals surface area contributed by atoms with Crippen molar-refractivity contribution in [3.05, 3.63) is 89.5 Å². The maximum atomic E-state index is 10.7. The third-order valence-corrected chi connectivity index (χ3v) is 5.30. The van der Waals surface area contributed by atoms with Crippen molar-refractivity contribution in [2.45, 2.75) is 25.8 Å². The second-order valence-electron chi connectivity index (χ2n) is 7.86. The molecule has 4 rings (SSSR count). The van der Waals surface area contributed by atoms with Crippen LogP contribution in [0.25, 0.3) is 0 Å². The number of nitrogens with zero attached hydrogens (tertiary/aromatic N) is 1. The van der Waals surface area contributed by atoms with Gasteiger partial charge in [-0.1, -0.05) is 48.5 Å². The zero-order chi connectivity index (χ0) is 22.2. The highest BCUT2D eigenvalue weighted by Crippen LogP contribution is 2.33. The number of rotatable bonds is 11. The Balaban J connectivity index is 1.38. The summed E-state index contributed by atoms with van der Waals surface area (Å²) >= 11 is 0. The van der Waals surface area contributed by atoms with Crippen molar-refractivity contribution >= 4 is 0 Å². The van der Waals surface area contributed by atoms with Crippen molar-refractivity contribution in [1.82, 2.24) is 4.90 Å². The van der Waals surface area contributed by atoms with Crippen molar-refractivity contribution in [3.63, 3.8) is 0 Å². The lowest BCUT2D eigenvalue weighted by molar-refractivity contribution is 0.00712. The summed E-state index contributed by atoms with van der Waals surface area (Å²) in [4.78, 5) is 2.20. The summed E-state index contributed by atoms with van der Waals surface area (Å²) in [6, 6.07) is 23.9. The first-order valence-electron chi connectivity index (χ1n) is 10.7. The lowest BCUT2D eigenvalue weighted by Crippen LogP contribution is -2.34. The number of hydrogen-bond acceptors (Lipinski definition) is 6. The van der Waals surface area contributed by atoms with Gasteiger partial charge in [-0.15, -0.1) is 0 Å². The summed E-state index contributed by atoms with van der Waals surface area (Å²) in [6.45, 7) is 2.85. The van der Waals surface area contributed by atoms with Gasteiger partial charge in [-0.05, 0) is 41.0 Å². The number of fused-ring (bicyclic) bond motifs is 1. The van der Waals surface area contributed by atoms with Gasteiger partial charge in [0.15, 0.2) is 11.5 Å². The van der Waals surface area contributed by atoms with E-state index in [-0.39, 0.29) is 13.4 Å². The van der Waals surface area contributed by atoms with E-state index in [1.165, 1.54) is 0 Å². The fraction of sp³-hybridized carbons (Fsp3) is 0.308. The predicted octanol–water partition coefficient (Wildman–Crippen LogP) is 4.00. The highest BCUT2D eigenvalue weighted by atomic mass is 16.7. The minimum atomic E-state index is -0.606. The topological polar surface area (TPSA) is 60.4 Å². The molecule has 0 saturated heterocycles. The molecule has 6 nitrogen and oxygen atoms in total. The summed E-state index contributed by atoms with van der Waals surface area (Å²) in [6.07, 6.45) is -0.606. The monoisotopic (exact) mass is 435 g/mol. The van der Waals surface area contributed by atoms with Crippen LogP contribution in [0.2, 0.25) is 0 Å². The van der Waals surface area contributed by atoms with Crippen molar-refractivity contribution < 1.29 is 24.1 Å². The molecule has 0 spiro atoms. The van der Waals surface area contributed by atoms with Crippen molar-refractivity contribution in [3.8, 4) is 17.2 Å². The van der Waals surface area contributed by atoms with Gasteiger partial charge in [0.05, 0.1) is 26.4 Å². The van der Waals surface area contributed by atoms with Gasteiger partial charge in [0.1, 0.15) is 5.75 Å². The molecule has 1 N–H and O–H groups in total. The molecule has 0 bridgehead atoms. The number of aliphatic hydroxyl groups is 1. The molecule has 0 unspecified atom stereocenters. The van der Waals surface area contributed by atoms with Crippen LogP contribution in [0.15, 0.2) is 72.8 Å². The van der Waals surface area contributed by atoms with E-state index in [1.807, 2.05) is 72.8 Å². The molecule has 0 radical (unpaired) electrons. The van der Waals surface area contributed by atoms with Crippen LogP contribution >= 0.6 is 0 Å². The summed E-state index contributed by atoms with van der Waals surface area (Å²) in [5, 5.41) is 10.7. The Kier molecular flexibility index (Phi) is 7.61. The molecule has 3 aromatic rings. The number of benzene rings is 3. The lowest BCUT2D eigenvalue weighted by atomic mass is 10.1. The molecule has 6 heteroatoms. The second kappa shape index (κ2) is 11.0. The molecule has 0 fully saturated rings. The summed E-state index contributed by atoms with van der Waals surface area (Å²) in [5.41, 5.74) is 3.33. The smallest absolute Gasteiger partial charge is 0.231 e. The number of hydrogen-bond donors (Lipinski definition) is 1. The van der Waals surface area contributed by atoms with E-state index < -0.39 is 6.10 Å². The van der Waals surface area contributed by atoms with Crippen LogP contribution in [0.3, 0.4) is 0 Å². The fourth-order valence-electron chi connectivity index (χ4n) is 3.71. The van der Waals surface area contributed by atoms with E-state index in [1.54, 1.807) is 7.11 Å².